The summed E-state index contributed by atoms with van der Waals surface area (Å²) in [6, 6.07) is 10.1. The van der Waals surface area contributed by atoms with Crippen LogP contribution in [0.4, 0.5) is 0 Å². The Hall–Kier alpha value is -3.69. The summed E-state index contributed by atoms with van der Waals surface area (Å²) in [6.07, 6.45) is 4.12. The van der Waals surface area contributed by atoms with Gasteiger partial charge in [0.25, 0.3) is 5.56 Å². The van der Waals surface area contributed by atoms with E-state index in [-0.39, 0.29) is 42.4 Å². The first-order chi connectivity index (χ1) is 15.5. The number of pyridine rings is 1. The predicted molar refractivity (Wildman–Crippen MR) is 119 cm³/mol. The minimum Gasteiger partial charge on any atom is -0.478 e. The summed E-state index contributed by atoms with van der Waals surface area (Å²) in [7, 11) is 0. The Morgan fingerprint density at radius 1 is 1.03 bits per heavy atom. The van der Waals surface area contributed by atoms with Gasteiger partial charge in [0, 0.05) is 24.4 Å². The molecule has 2 N–H and O–H groups in total. The van der Waals surface area contributed by atoms with Crippen molar-refractivity contribution in [2.75, 3.05) is 0 Å². The van der Waals surface area contributed by atoms with Gasteiger partial charge >= 0.3 is 5.97 Å². The number of hydrogen-bond donors (Lipinski definition) is 2. The van der Waals surface area contributed by atoms with Gasteiger partial charge in [0.1, 0.15) is 4.83 Å². The number of hydrogen-bond acceptors (Lipinski definition) is 7. The molecular weight excluding hydrogens is 430 g/mol. The molecule has 0 fully saturated rings. The lowest BCUT2D eigenvalue weighted by Crippen LogP contribution is -2.16. The number of benzene rings is 1. The Morgan fingerprint density at radius 3 is 2.50 bits per heavy atom. The number of nitrogens with zero attached hydrogens (tertiary/aromatic N) is 2. The number of thiophene rings is 1. The maximum Gasteiger partial charge on any atom is 0.335 e. The Balaban J connectivity index is 1.41. The van der Waals surface area contributed by atoms with Gasteiger partial charge in [0.2, 0.25) is 0 Å². The second-order valence-electron chi connectivity index (χ2n) is 7.13. The number of carboxylic acids is 1. The molecule has 0 aliphatic rings. The van der Waals surface area contributed by atoms with Gasteiger partial charge in [0.05, 0.1) is 24.2 Å². The smallest absolute Gasteiger partial charge is 0.335 e. The largest absolute Gasteiger partial charge is 0.478 e. The number of rotatable bonds is 9. The van der Waals surface area contributed by atoms with E-state index in [9.17, 15) is 14.4 Å². The summed E-state index contributed by atoms with van der Waals surface area (Å²) in [5.74, 6) is -1.15. The number of ketones is 1. The highest BCUT2D eigenvalue weighted by Gasteiger charge is 2.16. The lowest BCUT2D eigenvalue weighted by Gasteiger charge is -2.05. The van der Waals surface area contributed by atoms with E-state index in [0.29, 0.717) is 22.2 Å². The first kappa shape index (κ1) is 21.5. The summed E-state index contributed by atoms with van der Waals surface area (Å²) in [5.41, 5.74) is 2.35. The number of H-pyrrole nitrogens is 1. The molecule has 0 radical (unpaired) electrons. The first-order valence-electron chi connectivity index (χ1n) is 9.84. The summed E-state index contributed by atoms with van der Waals surface area (Å²) in [4.78, 5) is 47.5. The van der Waals surface area contributed by atoms with Crippen molar-refractivity contribution in [1.29, 1.82) is 0 Å². The maximum absolute atomic E-state index is 12.6. The van der Waals surface area contributed by atoms with E-state index in [1.165, 1.54) is 23.5 Å². The minimum absolute atomic E-state index is 0.0596. The Morgan fingerprint density at radius 2 is 1.78 bits per heavy atom. The van der Waals surface area contributed by atoms with Gasteiger partial charge in [-0.15, -0.1) is 11.3 Å². The molecule has 32 heavy (non-hydrogen) atoms. The van der Waals surface area contributed by atoms with Crippen LogP contribution in [0.1, 0.15) is 44.1 Å². The fourth-order valence-corrected chi connectivity index (χ4v) is 4.12. The maximum atomic E-state index is 12.6. The average molecular weight is 449 g/mol. The number of aromatic carboxylic acids is 1. The molecule has 0 aliphatic carbocycles. The minimum atomic E-state index is -0.982. The third-order valence-electron chi connectivity index (χ3n) is 4.90. The molecule has 0 atom stereocenters. The summed E-state index contributed by atoms with van der Waals surface area (Å²) in [6.45, 7) is 0.467. The molecule has 8 nitrogen and oxygen atoms in total. The van der Waals surface area contributed by atoms with Crippen molar-refractivity contribution in [3.05, 3.63) is 92.6 Å². The predicted octanol–water partition coefficient (Wildman–Crippen LogP) is 3.61. The third-order valence-corrected chi connectivity index (χ3v) is 5.82. The van der Waals surface area contributed by atoms with Crippen LogP contribution in [-0.4, -0.2) is 31.8 Å². The second kappa shape index (κ2) is 9.63. The van der Waals surface area contributed by atoms with Gasteiger partial charge in [-0.2, -0.15) is 0 Å². The Bertz CT molecular complexity index is 1310. The standard InChI is InChI=1S/C23H19N3O5S/c27-18(6-3-14-7-9-24-10-8-14)20-25-21(28)19-17(13-32-22(19)26-20)12-31-11-15-1-4-16(5-2-15)23(29)30/h1-2,4-5,7-10,13H,3,6,11-12H2,(H,29,30)(H,25,26,28). The molecule has 0 saturated heterocycles. The number of carbonyl (C=O) groups excluding carboxylic acids is 1. The summed E-state index contributed by atoms with van der Waals surface area (Å²) >= 11 is 1.29. The topological polar surface area (TPSA) is 122 Å². The van der Waals surface area contributed by atoms with Crippen LogP contribution in [0.25, 0.3) is 10.2 Å². The van der Waals surface area contributed by atoms with Crippen LogP contribution in [0.2, 0.25) is 0 Å². The molecule has 3 heterocycles. The highest BCUT2D eigenvalue weighted by molar-refractivity contribution is 7.16. The molecule has 0 spiro atoms. The van der Waals surface area contributed by atoms with Gasteiger partial charge in [0.15, 0.2) is 11.6 Å². The number of aromatic nitrogens is 3. The fraction of sp³-hybridized carbons (Fsp3) is 0.174. The van der Waals surface area contributed by atoms with E-state index in [1.54, 1.807) is 29.9 Å². The van der Waals surface area contributed by atoms with Gasteiger partial charge in [-0.3, -0.25) is 14.6 Å². The summed E-state index contributed by atoms with van der Waals surface area (Å²) in [5, 5.41) is 11.2. The Kier molecular flexibility index (Phi) is 6.48. The highest BCUT2D eigenvalue weighted by Crippen LogP contribution is 2.22. The van der Waals surface area contributed by atoms with Crippen molar-refractivity contribution in [3.8, 4) is 0 Å². The van der Waals surface area contributed by atoms with Crippen LogP contribution in [0.3, 0.4) is 0 Å². The molecule has 4 aromatic rings. The number of aromatic amines is 1. The molecule has 0 aliphatic heterocycles. The molecule has 0 unspecified atom stereocenters. The second-order valence-corrected chi connectivity index (χ2v) is 7.99. The fourth-order valence-electron chi connectivity index (χ4n) is 3.19. The van der Waals surface area contributed by atoms with E-state index >= 15 is 0 Å². The van der Waals surface area contributed by atoms with Crippen molar-refractivity contribution in [2.24, 2.45) is 0 Å². The summed E-state index contributed by atoms with van der Waals surface area (Å²) < 4.78 is 5.70. The molecule has 162 valence electrons. The zero-order valence-electron chi connectivity index (χ0n) is 16.9. The highest BCUT2D eigenvalue weighted by atomic mass is 32.1. The first-order valence-corrected chi connectivity index (χ1v) is 10.7. The van der Waals surface area contributed by atoms with E-state index in [2.05, 4.69) is 15.0 Å². The molecule has 9 heteroatoms. The molecule has 0 saturated carbocycles. The number of Topliss-reactive ketones (excluding diaryl/α,β-unsaturated/α-hetero) is 1. The molecule has 0 bridgehead atoms. The van der Waals surface area contributed by atoms with Gasteiger partial charge in [-0.05, 0) is 47.2 Å². The number of ether oxygens (including phenoxy) is 1. The average Bonchev–Trinajstić information content (AvgIpc) is 3.22. The van der Waals surface area contributed by atoms with Crippen LogP contribution in [0.5, 0.6) is 0 Å². The van der Waals surface area contributed by atoms with Gasteiger partial charge in [-0.1, -0.05) is 12.1 Å². The molecular formula is C23H19N3O5S. The van der Waals surface area contributed by atoms with Crippen molar-refractivity contribution in [3.63, 3.8) is 0 Å². The van der Waals surface area contributed by atoms with Crippen LogP contribution in [0, 0.1) is 0 Å². The number of aryl methyl sites for hydroxylation is 1. The van der Waals surface area contributed by atoms with Crippen molar-refractivity contribution in [1.82, 2.24) is 15.0 Å². The van der Waals surface area contributed by atoms with Crippen LogP contribution in [-0.2, 0) is 24.4 Å². The molecule has 0 amide bonds. The van der Waals surface area contributed by atoms with Crippen molar-refractivity contribution in [2.45, 2.75) is 26.1 Å². The SMILES string of the molecule is O=C(O)c1ccc(COCc2csc3nc(C(=O)CCc4ccncc4)[nH]c(=O)c23)cc1. The molecule has 3 aromatic heterocycles. The number of carbonyl (C=O) groups is 2. The number of carboxylic acid groups (broad SMARTS) is 1. The quantitative estimate of drug-likeness (QED) is 0.374. The molecule has 1 aromatic carbocycles. The monoisotopic (exact) mass is 449 g/mol. The van der Waals surface area contributed by atoms with E-state index in [1.807, 2.05) is 12.1 Å². The number of fused-ring (bicyclic) bond motifs is 1. The van der Waals surface area contributed by atoms with Crippen LogP contribution in [0.15, 0.2) is 59.0 Å². The lowest BCUT2D eigenvalue weighted by atomic mass is 10.1. The van der Waals surface area contributed by atoms with E-state index in [4.69, 9.17) is 9.84 Å². The van der Waals surface area contributed by atoms with E-state index in [0.717, 1.165) is 11.1 Å². The zero-order chi connectivity index (χ0) is 22.5. The van der Waals surface area contributed by atoms with E-state index < -0.39 is 5.97 Å². The van der Waals surface area contributed by atoms with Crippen molar-refractivity contribution < 1.29 is 19.4 Å². The third kappa shape index (κ3) is 4.96. The normalized spacial score (nSPS) is 11.0. The van der Waals surface area contributed by atoms with Gasteiger partial charge < -0.3 is 14.8 Å². The van der Waals surface area contributed by atoms with Crippen LogP contribution < -0.4 is 5.56 Å². The lowest BCUT2D eigenvalue weighted by molar-refractivity contribution is 0.0696. The zero-order valence-corrected chi connectivity index (χ0v) is 17.7. The van der Waals surface area contributed by atoms with Gasteiger partial charge in [-0.25, -0.2) is 9.78 Å². The number of nitrogens with one attached hydrogen (secondary N) is 1. The Labute approximate surface area is 186 Å². The van der Waals surface area contributed by atoms with Crippen LogP contribution >= 0.6 is 11.3 Å². The van der Waals surface area contributed by atoms with Crippen molar-refractivity contribution >= 4 is 33.3 Å². The molecule has 4 rings (SSSR count).